The van der Waals surface area contributed by atoms with E-state index < -0.39 is 5.97 Å². The largest absolute Gasteiger partial charge is 0.478 e. The third kappa shape index (κ3) is 4.08. The lowest BCUT2D eigenvalue weighted by Gasteiger charge is -2.22. The van der Waals surface area contributed by atoms with Gasteiger partial charge in [-0.05, 0) is 31.7 Å². The third-order valence-electron chi connectivity index (χ3n) is 3.12. The minimum Gasteiger partial charge on any atom is -0.478 e. The molecule has 0 saturated carbocycles. The van der Waals surface area contributed by atoms with Crippen molar-refractivity contribution in [1.29, 1.82) is 0 Å². The van der Waals surface area contributed by atoms with Crippen LogP contribution in [0.4, 0.5) is 5.82 Å². The van der Waals surface area contributed by atoms with Crippen LogP contribution in [-0.4, -0.2) is 35.3 Å². The van der Waals surface area contributed by atoms with Gasteiger partial charge in [0.15, 0.2) is 0 Å². The first-order valence-electron chi connectivity index (χ1n) is 6.41. The Morgan fingerprint density at radius 3 is 3.05 bits per heavy atom. The molecule has 1 saturated heterocycles. The fourth-order valence-corrected chi connectivity index (χ4v) is 2.30. The molecule has 5 nitrogen and oxygen atoms in total. The summed E-state index contributed by atoms with van der Waals surface area (Å²) in [6, 6.07) is 1.40. The smallest absolute Gasteiger partial charge is 0.337 e. The Balaban J connectivity index is 1.83. The minimum absolute atomic E-state index is 0.0890. The summed E-state index contributed by atoms with van der Waals surface area (Å²) in [4.78, 5) is 14.8. The lowest BCUT2D eigenvalue weighted by Crippen LogP contribution is -2.22. The Kier molecular flexibility index (Phi) is 4.99. The third-order valence-corrected chi connectivity index (χ3v) is 3.41. The summed E-state index contributed by atoms with van der Waals surface area (Å²) in [6.07, 6.45) is 5.97. The lowest BCUT2D eigenvalue weighted by atomic mass is 10.1. The summed E-state index contributed by atoms with van der Waals surface area (Å²) in [5.74, 6) is -0.515. The molecule has 0 radical (unpaired) electrons. The highest BCUT2D eigenvalue weighted by atomic mass is 35.5. The molecule has 104 valence electrons. The molecule has 1 atom stereocenters. The molecule has 1 aliphatic rings. The van der Waals surface area contributed by atoms with E-state index in [4.69, 9.17) is 21.4 Å². The van der Waals surface area contributed by atoms with E-state index in [9.17, 15) is 4.79 Å². The van der Waals surface area contributed by atoms with Crippen LogP contribution in [0.2, 0.25) is 5.02 Å². The van der Waals surface area contributed by atoms with Gasteiger partial charge in [-0.1, -0.05) is 11.6 Å². The standard InChI is InChI=1S/C13H17ClN2O3/c14-11-7-9(13(17)18)8-16-12(11)15-5-4-10-3-1-2-6-19-10/h7-8,10H,1-6H2,(H,15,16)(H,17,18). The number of carbonyl (C=O) groups is 1. The Bertz CT molecular complexity index is 448. The van der Waals surface area contributed by atoms with Gasteiger partial charge in [0.05, 0.1) is 16.7 Å². The molecule has 0 aliphatic carbocycles. The molecule has 1 fully saturated rings. The molecular formula is C13H17ClN2O3. The SMILES string of the molecule is O=C(O)c1cnc(NCCC2CCCCO2)c(Cl)c1. The summed E-state index contributed by atoms with van der Waals surface area (Å²) in [5.41, 5.74) is 0.0890. The van der Waals surface area contributed by atoms with E-state index in [-0.39, 0.29) is 5.56 Å². The summed E-state index contributed by atoms with van der Waals surface area (Å²) in [6.45, 7) is 1.56. The predicted molar refractivity (Wildman–Crippen MR) is 72.9 cm³/mol. The first-order chi connectivity index (χ1) is 9.16. The van der Waals surface area contributed by atoms with E-state index >= 15 is 0 Å². The fraction of sp³-hybridized carbons (Fsp3) is 0.538. The van der Waals surface area contributed by atoms with Gasteiger partial charge in [-0.15, -0.1) is 0 Å². The molecular weight excluding hydrogens is 268 g/mol. The zero-order valence-electron chi connectivity index (χ0n) is 10.6. The van der Waals surface area contributed by atoms with Crippen molar-refractivity contribution >= 4 is 23.4 Å². The lowest BCUT2D eigenvalue weighted by molar-refractivity contribution is 0.0134. The van der Waals surface area contributed by atoms with Crippen molar-refractivity contribution < 1.29 is 14.6 Å². The van der Waals surface area contributed by atoms with Crippen LogP contribution in [0.3, 0.4) is 0 Å². The highest BCUT2D eigenvalue weighted by molar-refractivity contribution is 6.33. The van der Waals surface area contributed by atoms with Crippen LogP contribution in [0.5, 0.6) is 0 Å². The molecule has 19 heavy (non-hydrogen) atoms. The summed E-state index contributed by atoms with van der Waals surface area (Å²) in [5, 5.41) is 12.2. The minimum atomic E-state index is -1.03. The van der Waals surface area contributed by atoms with Crippen molar-refractivity contribution in [3.63, 3.8) is 0 Å². The second kappa shape index (κ2) is 6.73. The molecule has 6 heteroatoms. The van der Waals surface area contributed by atoms with Gasteiger partial charge >= 0.3 is 5.97 Å². The normalized spacial score (nSPS) is 19.1. The number of carboxylic acid groups (broad SMARTS) is 1. The topological polar surface area (TPSA) is 71.5 Å². The maximum absolute atomic E-state index is 10.7. The van der Waals surface area contributed by atoms with Gasteiger partial charge in [-0.2, -0.15) is 0 Å². The van der Waals surface area contributed by atoms with E-state index in [0.29, 0.717) is 23.5 Å². The molecule has 0 aromatic carbocycles. The molecule has 0 bridgehead atoms. The van der Waals surface area contributed by atoms with Gasteiger partial charge in [0, 0.05) is 19.3 Å². The average Bonchev–Trinajstić information content (AvgIpc) is 2.41. The van der Waals surface area contributed by atoms with E-state index in [0.717, 1.165) is 25.9 Å². The predicted octanol–water partition coefficient (Wildman–Crippen LogP) is 2.80. The Morgan fingerprint density at radius 1 is 1.58 bits per heavy atom. The molecule has 1 aromatic heterocycles. The van der Waals surface area contributed by atoms with Crippen LogP contribution in [0.25, 0.3) is 0 Å². The first-order valence-corrected chi connectivity index (χ1v) is 6.79. The number of nitrogens with zero attached hydrogens (tertiary/aromatic N) is 1. The first kappa shape index (κ1) is 14.1. The van der Waals surface area contributed by atoms with Crippen molar-refractivity contribution in [2.75, 3.05) is 18.5 Å². The van der Waals surface area contributed by atoms with Crippen LogP contribution in [0.15, 0.2) is 12.3 Å². The van der Waals surface area contributed by atoms with Crippen molar-refractivity contribution in [3.8, 4) is 0 Å². The van der Waals surface area contributed by atoms with Crippen molar-refractivity contribution in [1.82, 2.24) is 4.98 Å². The van der Waals surface area contributed by atoms with Crippen molar-refractivity contribution in [3.05, 3.63) is 22.8 Å². The second-order valence-corrected chi connectivity index (χ2v) is 4.97. The number of pyridine rings is 1. The molecule has 2 rings (SSSR count). The Labute approximate surface area is 116 Å². The van der Waals surface area contributed by atoms with Crippen LogP contribution in [0.1, 0.15) is 36.0 Å². The molecule has 2 heterocycles. The zero-order chi connectivity index (χ0) is 13.7. The van der Waals surface area contributed by atoms with E-state index in [1.54, 1.807) is 0 Å². The van der Waals surface area contributed by atoms with Crippen molar-refractivity contribution in [2.24, 2.45) is 0 Å². The van der Waals surface area contributed by atoms with E-state index in [1.165, 1.54) is 18.7 Å². The maximum atomic E-state index is 10.7. The summed E-state index contributed by atoms with van der Waals surface area (Å²) >= 11 is 5.98. The van der Waals surface area contributed by atoms with E-state index in [1.807, 2.05) is 0 Å². The van der Waals surface area contributed by atoms with Crippen LogP contribution < -0.4 is 5.32 Å². The number of hydrogen-bond donors (Lipinski definition) is 2. The Hall–Kier alpha value is -1.33. The van der Waals surface area contributed by atoms with Crippen molar-refractivity contribution in [2.45, 2.75) is 31.8 Å². The monoisotopic (exact) mass is 284 g/mol. The summed E-state index contributed by atoms with van der Waals surface area (Å²) < 4.78 is 5.63. The molecule has 1 aliphatic heterocycles. The molecule has 2 N–H and O–H groups in total. The summed E-state index contributed by atoms with van der Waals surface area (Å²) in [7, 11) is 0. The number of aromatic carboxylic acids is 1. The zero-order valence-corrected chi connectivity index (χ0v) is 11.3. The van der Waals surface area contributed by atoms with Gasteiger partial charge < -0.3 is 15.2 Å². The van der Waals surface area contributed by atoms with Gasteiger partial charge in [-0.3, -0.25) is 0 Å². The maximum Gasteiger partial charge on any atom is 0.337 e. The van der Waals surface area contributed by atoms with Gasteiger partial charge in [0.1, 0.15) is 5.82 Å². The number of aromatic nitrogens is 1. The van der Waals surface area contributed by atoms with Crippen LogP contribution in [0, 0.1) is 0 Å². The number of hydrogen-bond acceptors (Lipinski definition) is 4. The highest BCUT2D eigenvalue weighted by Crippen LogP contribution is 2.21. The average molecular weight is 285 g/mol. The quantitative estimate of drug-likeness (QED) is 0.870. The fourth-order valence-electron chi connectivity index (χ4n) is 2.07. The molecule has 1 unspecified atom stereocenters. The molecule has 0 amide bonds. The number of anilines is 1. The van der Waals surface area contributed by atoms with Gasteiger partial charge in [0.25, 0.3) is 0 Å². The number of rotatable bonds is 5. The Morgan fingerprint density at radius 2 is 2.42 bits per heavy atom. The van der Waals surface area contributed by atoms with Crippen LogP contribution >= 0.6 is 11.6 Å². The number of carboxylic acids is 1. The highest BCUT2D eigenvalue weighted by Gasteiger charge is 2.14. The number of nitrogens with one attached hydrogen (secondary N) is 1. The van der Waals surface area contributed by atoms with Crippen LogP contribution in [-0.2, 0) is 4.74 Å². The number of halogens is 1. The van der Waals surface area contributed by atoms with Gasteiger partial charge in [0.2, 0.25) is 0 Å². The van der Waals surface area contributed by atoms with Gasteiger partial charge in [-0.25, -0.2) is 9.78 Å². The number of ether oxygens (including phenoxy) is 1. The second-order valence-electron chi connectivity index (χ2n) is 4.56. The van der Waals surface area contributed by atoms with E-state index in [2.05, 4.69) is 10.3 Å². The molecule has 1 aromatic rings. The molecule has 0 spiro atoms.